The van der Waals surface area contributed by atoms with Crippen molar-refractivity contribution in [2.75, 3.05) is 7.11 Å². The molecule has 0 aliphatic heterocycles. The summed E-state index contributed by atoms with van der Waals surface area (Å²) in [5.74, 6) is 0.356. The Balaban J connectivity index is 2.17. The minimum absolute atomic E-state index is 0.356. The number of aliphatic hydroxyl groups is 1. The van der Waals surface area contributed by atoms with Crippen molar-refractivity contribution in [3.63, 3.8) is 0 Å². The van der Waals surface area contributed by atoms with Gasteiger partial charge in [-0.15, -0.1) is 0 Å². The first-order valence-electron chi connectivity index (χ1n) is 5.23. The molecule has 0 aliphatic rings. The molecule has 5 heteroatoms. The summed E-state index contributed by atoms with van der Waals surface area (Å²) < 4.78 is 5.06. The maximum Gasteiger partial charge on any atom is 0.238 e. The van der Waals surface area contributed by atoms with E-state index in [4.69, 9.17) is 4.74 Å². The molecule has 0 saturated heterocycles. The Hall–Kier alpha value is -2.01. The van der Waals surface area contributed by atoms with Crippen molar-refractivity contribution in [1.29, 1.82) is 0 Å². The van der Waals surface area contributed by atoms with Crippen LogP contribution in [-0.4, -0.2) is 27.2 Å². The van der Waals surface area contributed by atoms with Crippen LogP contribution in [0.2, 0.25) is 0 Å². The smallest absolute Gasteiger partial charge is 0.238 e. The predicted octanol–water partition coefficient (Wildman–Crippen LogP) is 1.16. The fourth-order valence-electron chi connectivity index (χ4n) is 1.56. The first-order chi connectivity index (χ1) is 8.31. The number of pyridine rings is 1. The molecule has 1 N–H and O–H groups in total. The molecule has 0 aromatic carbocycles. The summed E-state index contributed by atoms with van der Waals surface area (Å²) in [6.45, 7) is 0. The zero-order chi connectivity index (χ0) is 12.1. The number of hydrogen-bond acceptors (Lipinski definition) is 5. The lowest BCUT2D eigenvalue weighted by molar-refractivity contribution is 0.167. The molecule has 2 aromatic heterocycles. The average Bonchev–Trinajstić information content (AvgIpc) is 2.40. The normalized spacial score (nSPS) is 12.1. The number of nitrogens with zero attached hydrogens (tertiary/aromatic N) is 3. The number of rotatable bonds is 4. The molecule has 17 heavy (non-hydrogen) atoms. The van der Waals surface area contributed by atoms with Gasteiger partial charge < -0.3 is 9.84 Å². The summed E-state index contributed by atoms with van der Waals surface area (Å²) in [7, 11) is 1.51. The fraction of sp³-hybridized carbons (Fsp3) is 0.250. The standard InChI is InChI=1S/C12H13N3O2/c1-17-12-11(14-6-7-15-12)10(16)8-9-2-4-13-5-3-9/h2-7,10,16H,8H2,1H3. The summed E-state index contributed by atoms with van der Waals surface area (Å²) in [6.07, 6.45) is 6.17. The van der Waals surface area contributed by atoms with Crippen LogP contribution < -0.4 is 4.74 Å². The van der Waals surface area contributed by atoms with Crippen molar-refractivity contribution in [3.8, 4) is 5.88 Å². The number of aliphatic hydroxyl groups excluding tert-OH is 1. The third-order valence-electron chi connectivity index (χ3n) is 2.38. The highest BCUT2D eigenvalue weighted by Crippen LogP contribution is 2.22. The Morgan fingerprint density at radius 1 is 1.18 bits per heavy atom. The number of hydrogen-bond donors (Lipinski definition) is 1. The molecule has 0 bridgehead atoms. The van der Waals surface area contributed by atoms with Gasteiger partial charge >= 0.3 is 0 Å². The number of aromatic nitrogens is 3. The van der Waals surface area contributed by atoms with Gasteiger partial charge in [-0.25, -0.2) is 4.98 Å². The van der Waals surface area contributed by atoms with Crippen LogP contribution in [0.15, 0.2) is 36.9 Å². The Labute approximate surface area is 99.2 Å². The molecule has 5 nitrogen and oxygen atoms in total. The zero-order valence-corrected chi connectivity index (χ0v) is 9.45. The summed E-state index contributed by atoms with van der Waals surface area (Å²) in [5, 5.41) is 10.1. The highest BCUT2D eigenvalue weighted by atomic mass is 16.5. The van der Waals surface area contributed by atoms with E-state index in [1.807, 2.05) is 12.1 Å². The van der Waals surface area contributed by atoms with Crippen LogP contribution in [0.5, 0.6) is 5.88 Å². The van der Waals surface area contributed by atoms with Gasteiger partial charge in [-0.1, -0.05) is 0 Å². The van der Waals surface area contributed by atoms with Crippen molar-refractivity contribution in [2.24, 2.45) is 0 Å². The minimum Gasteiger partial charge on any atom is -0.480 e. The SMILES string of the molecule is COc1nccnc1C(O)Cc1ccncc1. The molecule has 0 fully saturated rings. The molecule has 88 valence electrons. The molecular formula is C12H13N3O2. The summed E-state index contributed by atoms with van der Waals surface area (Å²) in [4.78, 5) is 12.0. The lowest BCUT2D eigenvalue weighted by Crippen LogP contribution is -2.07. The third-order valence-corrected chi connectivity index (χ3v) is 2.38. The van der Waals surface area contributed by atoms with Crippen LogP contribution in [0.25, 0.3) is 0 Å². The van der Waals surface area contributed by atoms with Gasteiger partial charge in [-0.3, -0.25) is 9.97 Å². The molecule has 2 rings (SSSR count). The molecular weight excluding hydrogens is 218 g/mol. The molecule has 1 unspecified atom stereocenters. The highest BCUT2D eigenvalue weighted by molar-refractivity contribution is 5.22. The largest absolute Gasteiger partial charge is 0.480 e. The van der Waals surface area contributed by atoms with Gasteiger partial charge in [0.2, 0.25) is 5.88 Å². The predicted molar refractivity (Wildman–Crippen MR) is 61.5 cm³/mol. The molecule has 0 spiro atoms. The van der Waals surface area contributed by atoms with Gasteiger partial charge in [0.1, 0.15) is 11.8 Å². The average molecular weight is 231 g/mol. The van der Waals surface area contributed by atoms with Gasteiger partial charge in [0, 0.05) is 31.2 Å². The van der Waals surface area contributed by atoms with Crippen molar-refractivity contribution in [2.45, 2.75) is 12.5 Å². The first kappa shape index (κ1) is 11.5. The van der Waals surface area contributed by atoms with Crippen LogP contribution >= 0.6 is 0 Å². The Morgan fingerprint density at radius 2 is 1.88 bits per heavy atom. The number of methoxy groups -OCH3 is 1. The Kier molecular flexibility index (Phi) is 3.62. The third kappa shape index (κ3) is 2.76. The van der Waals surface area contributed by atoms with Crippen LogP contribution in [0.1, 0.15) is 17.4 Å². The molecule has 0 radical (unpaired) electrons. The van der Waals surface area contributed by atoms with Crippen molar-refractivity contribution in [3.05, 3.63) is 48.2 Å². The van der Waals surface area contributed by atoms with Crippen molar-refractivity contribution < 1.29 is 9.84 Å². The molecule has 1 atom stereocenters. The van der Waals surface area contributed by atoms with Crippen molar-refractivity contribution >= 4 is 0 Å². The van der Waals surface area contributed by atoms with Crippen LogP contribution in [-0.2, 0) is 6.42 Å². The van der Waals surface area contributed by atoms with E-state index in [1.54, 1.807) is 12.4 Å². The maximum atomic E-state index is 10.1. The lowest BCUT2D eigenvalue weighted by Gasteiger charge is -2.12. The van der Waals surface area contributed by atoms with E-state index >= 15 is 0 Å². The molecule has 2 aromatic rings. The second-order valence-corrected chi connectivity index (χ2v) is 3.53. The van der Waals surface area contributed by atoms with Gasteiger partial charge in [0.25, 0.3) is 0 Å². The summed E-state index contributed by atoms with van der Waals surface area (Å²) in [6, 6.07) is 3.71. The first-order valence-corrected chi connectivity index (χ1v) is 5.23. The van der Waals surface area contributed by atoms with E-state index in [-0.39, 0.29) is 0 Å². The maximum absolute atomic E-state index is 10.1. The summed E-state index contributed by atoms with van der Waals surface area (Å²) >= 11 is 0. The van der Waals surface area contributed by atoms with Gasteiger partial charge in [0.05, 0.1) is 7.11 Å². The summed E-state index contributed by atoms with van der Waals surface area (Å²) in [5.41, 5.74) is 1.44. The Bertz CT molecular complexity index is 476. The second-order valence-electron chi connectivity index (χ2n) is 3.53. The fourth-order valence-corrected chi connectivity index (χ4v) is 1.56. The van der Waals surface area contributed by atoms with E-state index in [0.29, 0.717) is 18.0 Å². The van der Waals surface area contributed by atoms with Gasteiger partial charge in [-0.05, 0) is 17.7 Å². The van der Waals surface area contributed by atoms with E-state index in [1.165, 1.54) is 19.5 Å². The topological polar surface area (TPSA) is 68.1 Å². The number of ether oxygens (including phenoxy) is 1. The monoisotopic (exact) mass is 231 g/mol. The highest BCUT2D eigenvalue weighted by Gasteiger charge is 2.16. The molecule has 0 aliphatic carbocycles. The van der Waals surface area contributed by atoms with Gasteiger partial charge in [-0.2, -0.15) is 0 Å². The van der Waals surface area contributed by atoms with Gasteiger partial charge in [0.15, 0.2) is 0 Å². The van der Waals surface area contributed by atoms with Crippen LogP contribution in [0.3, 0.4) is 0 Å². The lowest BCUT2D eigenvalue weighted by atomic mass is 10.1. The molecule has 0 amide bonds. The second kappa shape index (κ2) is 5.36. The van der Waals surface area contributed by atoms with E-state index in [0.717, 1.165) is 5.56 Å². The quantitative estimate of drug-likeness (QED) is 0.855. The zero-order valence-electron chi connectivity index (χ0n) is 9.45. The molecule has 2 heterocycles. The van der Waals surface area contributed by atoms with Crippen molar-refractivity contribution in [1.82, 2.24) is 15.0 Å². The van der Waals surface area contributed by atoms with Crippen LogP contribution in [0.4, 0.5) is 0 Å². The van der Waals surface area contributed by atoms with Crippen LogP contribution in [0, 0.1) is 0 Å². The van der Waals surface area contributed by atoms with E-state index in [2.05, 4.69) is 15.0 Å². The molecule has 0 saturated carbocycles. The van der Waals surface area contributed by atoms with E-state index in [9.17, 15) is 5.11 Å². The van der Waals surface area contributed by atoms with E-state index < -0.39 is 6.10 Å². The minimum atomic E-state index is -0.735. The Morgan fingerprint density at radius 3 is 2.59 bits per heavy atom.